The number of ether oxygens (including phenoxy) is 3. The summed E-state index contributed by atoms with van der Waals surface area (Å²) in [7, 11) is 0. The van der Waals surface area contributed by atoms with Crippen LogP contribution in [-0.4, -0.2) is 23.8 Å². The zero-order valence-corrected chi connectivity index (χ0v) is 15.6. The number of esters is 3. The van der Waals surface area contributed by atoms with Gasteiger partial charge in [0.25, 0.3) is 0 Å². The van der Waals surface area contributed by atoms with Crippen LogP contribution in [0.4, 0.5) is 0 Å². The van der Waals surface area contributed by atoms with E-state index in [1.54, 1.807) is 30.3 Å². The molecule has 0 fully saturated rings. The quantitative estimate of drug-likeness (QED) is 0.443. The van der Waals surface area contributed by atoms with Crippen LogP contribution in [0.25, 0.3) is 6.08 Å². The van der Waals surface area contributed by atoms with Gasteiger partial charge in [-0.1, -0.05) is 29.8 Å². The van der Waals surface area contributed by atoms with Gasteiger partial charge in [-0.05, 0) is 35.9 Å². The largest absolute Gasteiger partial charge is 0.423 e. The third-order valence-electron chi connectivity index (χ3n) is 3.50. The van der Waals surface area contributed by atoms with Crippen LogP contribution < -0.4 is 9.47 Å². The smallest absolute Gasteiger partial charge is 0.363 e. The second-order valence-corrected chi connectivity index (χ2v) is 6.12. The third kappa shape index (κ3) is 4.44. The fourth-order valence-electron chi connectivity index (χ4n) is 2.41. The lowest BCUT2D eigenvalue weighted by atomic mass is 10.1. The molecule has 0 aromatic heterocycles. The molecule has 0 atom stereocenters. The molecule has 0 unspecified atom stereocenters. The number of rotatable bonds is 4. The Morgan fingerprint density at radius 1 is 1.04 bits per heavy atom. The summed E-state index contributed by atoms with van der Waals surface area (Å²) < 4.78 is 15.3. The highest BCUT2D eigenvalue weighted by molar-refractivity contribution is 6.34. The minimum atomic E-state index is -0.645. The molecule has 0 N–H and O–H groups in total. The number of carbonyl (C=O) groups is 3. The van der Waals surface area contributed by atoms with E-state index in [-0.39, 0.29) is 23.1 Å². The van der Waals surface area contributed by atoms with Gasteiger partial charge in [-0.2, -0.15) is 0 Å². The summed E-state index contributed by atoms with van der Waals surface area (Å²) >= 11 is 6.11. The maximum absolute atomic E-state index is 12.1. The van der Waals surface area contributed by atoms with E-state index in [2.05, 4.69) is 4.99 Å². The second-order valence-electron chi connectivity index (χ2n) is 5.71. The normalized spacial score (nSPS) is 14.5. The van der Waals surface area contributed by atoms with Crippen molar-refractivity contribution in [3.05, 3.63) is 64.3 Å². The van der Waals surface area contributed by atoms with Crippen LogP contribution in [0.1, 0.15) is 25.0 Å². The Bertz CT molecular complexity index is 1040. The summed E-state index contributed by atoms with van der Waals surface area (Å²) in [5.74, 6) is -1.57. The molecular weight excluding hydrogens is 386 g/mol. The number of carbonyl (C=O) groups excluding carboxylic acids is 3. The molecule has 7 nitrogen and oxygen atoms in total. The maximum atomic E-state index is 12.1. The lowest BCUT2D eigenvalue weighted by Crippen LogP contribution is -2.07. The summed E-state index contributed by atoms with van der Waals surface area (Å²) in [5, 5.41) is 0.401. The molecule has 0 radical (unpaired) electrons. The highest BCUT2D eigenvalue weighted by Gasteiger charge is 2.25. The summed E-state index contributed by atoms with van der Waals surface area (Å²) in [6.45, 7) is 2.45. The minimum absolute atomic E-state index is 0.0405. The molecule has 0 saturated carbocycles. The van der Waals surface area contributed by atoms with Gasteiger partial charge in [0.2, 0.25) is 5.90 Å². The number of hydrogen-bond acceptors (Lipinski definition) is 7. The van der Waals surface area contributed by atoms with Crippen LogP contribution in [0.5, 0.6) is 11.5 Å². The second kappa shape index (κ2) is 8.06. The van der Waals surface area contributed by atoms with Crippen molar-refractivity contribution in [3.63, 3.8) is 0 Å². The van der Waals surface area contributed by atoms with Gasteiger partial charge in [0.1, 0.15) is 0 Å². The Morgan fingerprint density at radius 2 is 1.71 bits per heavy atom. The van der Waals surface area contributed by atoms with Gasteiger partial charge in [0, 0.05) is 13.8 Å². The first kappa shape index (κ1) is 19.3. The van der Waals surface area contributed by atoms with Crippen molar-refractivity contribution < 1.29 is 28.6 Å². The van der Waals surface area contributed by atoms with Crippen molar-refractivity contribution in [3.8, 4) is 11.5 Å². The molecule has 0 saturated heterocycles. The third-order valence-corrected chi connectivity index (χ3v) is 3.83. The van der Waals surface area contributed by atoms with Crippen molar-refractivity contribution >= 4 is 41.5 Å². The van der Waals surface area contributed by atoms with Crippen molar-refractivity contribution in [2.45, 2.75) is 13.8 Å². The minimum Gasteiger partial charge on any atom is -0.423 e. The van der Waals surface area contributed by atoms with Gasteiger partial charge >= 0.3 is 17.9 Å². The predicted molar refractivity (Wildman–Crippen MR) is 101 cm³/mol. The summed E-state index contributed by atoms with van der Waals surface area (Å²) in [6, 6.07) is 11.3. The first-order chi connectivity index (χ1) is 13.3. The van der Waals surface area contributed by atoms with E-state index in [1.807, 2.05) is 0 Å². The highest BCUT2D eigenvalue weighted by Crippen LogP contribution is 2.31. The van der Waals surface area contributed by atoms with Gasteiger partial charge in [-0.15, -0.1) is 0 Å². The van der Waals surface area contributed by atoms with E-state index < -0.39 is 17.9 Å². The van der Waals surface area contributed by atoms with Gasteiger partial charge in [0.05, 0.1) is 10.6 Å². The molecule has 2 aromatic rings. The average molecular weight is 400 g/mol. The van der Waals surface area contributed by atoms with Gasteiger partial charge in [-0.25, -0.2) is 9.79 Å². The van der Waals surface area contributed by atoms with Crippen LogP contribution in [-0.2, 0) is 19.1 Å². The number of hydrogen-bond donors (Lipinski definition) is 0. The zero-order chi connectivity index (χ0) is 20.3. The first-order valence-electron chi connectivity index (χ1n) is 8.12. The molecular formula is C20H14ClNO6. The fraction of sp³-hybridized carbons (Fsp3) is 0.100. The van der Waals surface area contributed by atoms with Crippen molar-refractivity contribution in [2.75, 3.05) is 0 Å². The van der Waals surface area contributed by atoms with Crippen LogP contribution >= 0.6 is 11.6 Å². The first-order valence-corrected chi connectivity index (χ1v) is 8.49. The molecule has 2 aromatic carbocycles. The zero-order valence-electron chi connectivity index (χ0n) is 14.9. The lowest BCUT2D eigenvalue weighted by molar-refractivity contribution is -0.134. The van der Waals surface area contributed by atoms with Gasteiger partial charge in [-0.3, -0.25) is 9.59 Å². The summed E-state index contributed by atoms with van der Waals surface area (Å²) in [6.07, 6.45) is 1.46. The van der Waals surface area contributed by atoms with E-state index in [0.29, 0.717) is 16.1 Å². The molecule has 0 bridgehead atoms. The molecule has 8 heteroatoms. The molecule has 142 valence electrons. The van der Waals surface area contributed by atoms with E-state index in [0.717, 1.165) is 0 Å². The topological polar surface area (TPSA) is 91.3 Å². The van der Waals surface area contributed by atoms with Crippen molar-refractivity contribution in [1.82, 2.24) is 0 Å². The van der Waals surface area contributed by atoms with Crippen LogP contribution in [0.3, 0.4) is 0 Å². The van der Waals surface area contributed by atoms with E-state index in [1.165, 1.54) is 32.1 Å². The fourth-order valence-corrected chi connectivity index (χ4v) is 2.62. The van der Waals surface area contributed by atoms with E-state index >= 15 is 0 Å². The Labute approximate surface area is 165 Å². The molecule has 1 aliphatic rings. The SMILES string of the molecule is CC(=O)Oc1ccc(/C=C2/N=C(c3ccccc3Cl)OC2=O)cc1OC(C)=O. The van der Waals surface area contributed by atoms with Crippen molar-refractivity contribution in [2.24, 2.45) is 4.99 Å². The number of cyclic esters (lactones) is 1. The van der Waals surface area contributed by atoms with Crippen molar-refractivity contribution in [1.29, 1.82) is 0 Å². The average Bonchev–Trinajstić information content (AvgIpc) is 2.97. The molecule has 0 aliphatic carbocycles. The molecule has 1 heterocycles. The summed E-state index contributed by atoms with van der Waals surface area (Å²) in [4.78, 5) is 38.8. The van der Waals surface area contributed by atoms with Crippen LogP contribution in [0.2, 0.25) is 5.02 Å². The Morgan fingerprint density at radius 3 is 2.39 bits per heavy atom. The standard InChI is InChI=1S/C20H14ClNO6/c1-11(23)26-17-8-7-13(10-18(17)27-12(2)24)9-16-20(25)28-19(22-16)14-5-3-4-6-15(14)21/h3-10H,1-2H3/b16-9+. The van der Waals surface area contributed by atoms with E-state index in [9.17, 15) is 14.4 Å². The number of aliphatic imine (C=N–C) groups is 1. The monoisotopic (exact) mass is 399 g/mol. The van der Waals surface area contributed by atoms with Crippen LogP contribution in [0.15, 0.2) is 53.2 Å². The lowest BCUT2D eigenvalue weighted by Gasteiger charge is -2.09. The number of benzene rings is 2. The highest BCUT2D eigenvalue weighted by atomic mass is 35.5. The summed E-state index contributed by atoms with van der Waals surface area (Å²) in [5.41, 5.74) is 1.03. The van der Waals surface area contributed by atoms with Gasteiger partial charge < -0.3 is 14.2 Å². The number of halogens is 1. The molecule has 0 amide bonds. The van der Waals surface area contributed by atoms with Gasteiger partial charge in [0.15, 0.2) is 17.2 Å². The van der Waals surface area contributed by atoms with Crippen LogP contribution in [0, 0.1) is 0 Å². The molecule has 28 heavy (non-hydrogen) atoms. The number of nitrogens with zero attached hydrogens (tertiary/aromatic N) is 1. The predicted octanol–water partition coefficient (Wildman–Crippen LogP) is 3.54. The Hall–Kier alpha value is -3.45. The maximum Gasteiger partial charge on any atom is 0.363 e. The van der Waals surface area contributed by atoms with E-state index in [4.69, 9.17) is 25.8 Å². The Kier molecular flexibility index (Phi) is 5.56. The molecule has 0 spiro atoms. The molecule has 1 aliphatic heterocycles. The molecule has 3 rings (SSSR count). The Balaban J connectivity index is 1.96.